The van der Waals surface area contributed by atoms with Gasteiger partial charge < -0.3 is 9.30 Å². The lowest BCUT2D eigenvalue weighted by Crippen LogP contribution is -2.15. The van der Waals surface area contributed by atoms with E-state index in [0.29, 0.717) is 37.2 Å². The number of rotatable bonds is 6. The van der Waals surface area contributed by atoms with Crippen molar-refractivity contribution in [3.63, 3.8) is 0 Å². The molecule has 1 aromatic carbocycles. The predicted octanol–water partition coefficient (Wildman–Crippen LogP) is 3.87. The van der Waals surface area contributed by atoms with E-state index in [4.69, 9.17) is 4.74 Å². The highest BCUT2D eigenvalue weighted by Crippen LogP contribution is 2.31. The predicted molar refractivity (Wildman–Crippen MR) is 70.5 cm³/mol. The maximum absolute atomic E-state index is 13.0. The summed E-state index contributed by atoms with van der Waals surface area (Å²) in [5.41, 5.74) is 0.904. The van der Waals surface area contributed by atoms with Gasteiger partial charge in [0.15, 0.2) is 0 Å². The number of para-hydroxylation sites is 2. The fourth-order valence-corrected chi connectivity index (χ4v) is 2.14. The monoisotopic (exact) mass is 286 g/mol. The Labute approximate surface area is 115 Å². The third kappa shape index (κ3) is 3.30. The van der Waals surface area contributed by atoms with Gasteiger partial charge in [-0.15, -0.1) is 0 Å². The molecule has 0 aliphatic heterocycles. The van der Waals surface area contributed by atoms with Crippen LogP contribution in [0.4, 0.5) is 13.2 Å². The van der Waals surface area contributed by atoms with E-state index in [1.807, 2.05) is 6.92 Å². The number of aromatic nitrogens is 2. The Morgan fingerprint density at radius 1 is 1.20 bits per heavy atom. The number of ether oxygens (including phenoxy) is 1. The van der Waals surface area contributed by atoms with Crippen LogP contribution in [0.5, 0.6) is 0 Å². The van der Waals surface area contributed by atoms with Crippen molar-refractivity contribution in [2.75, 3.05) is 13.2 Å². The molecule has 20 heavy (non-hydrogen) atoms. The van der Waals surface area contributed by atoms with Crippen LogP contribution in [0.25, 0.3) is 11.0 Å². The quantitative estimate of drug-likeness (QED) is 0.754. The molecule has 0 N–H and O–H groups in total. The maximum Gasteiger partial charge on any atom is 0.449 e. The third-order valence-corrected chi connectivity index (χ3v) is 3.03. The van der Waals surface area contributed by atoms with Gasteiger partial charge in [-0.2, -0.15) is 13.2 Å². The standard InChI is InChI=1S/C14H17F3N2O/c1-2-20-10-6-5-9-19-12-8-4-3-7-11(12)18-13(19)14(15,16)17/h3-4,7-8H,2,5-6,9-10H2,1H3. The van der Waals surface area contributed by atoms with Gasteiger partial charge in [-0.1, -0.05) is 12.1 Å². The van der Waals surface area contributed by atoms with Gasteiger partial charge in [0.1, 0.15) is 0 Å². The maximum atomic E-state index is 13.0. The molecule has 0 fully saturated rings. The zero-order chi connectivity index (χ0) is 14.6. The van der Waals surface area contributed by atoms with E-state index in [0.717, 1.165) is 6.42 Å². The molecule has 3 nitrogen and oxygen atoms in total. The number of benzene rings is 1. The van der Waals surface area contributed by atoms with Crippen LogP contribution in [-0.4, -0.2) is 22.8 Å². The molecule has 0 saturated heterocycles. The molecule has 0 unspecified atom stereocenters. The molecule has 0 atom stereocenters. The van der Waals surface area contributed by atoms with Gasteiger partial charge in [0.05, 0.1) is 11.0 Å². The molecule has 0 saturated carbocycles. The van der Waals surface area contributed by atoms with Crippen molar-refractivity contribution in [1.29, 1.82) is 0 Å². The molecule has 0 radical (unpaired) electrons. The summed E-state index contributed by atoms with van der Waals surface area (Å²) >= 11 is 0. The number of hydrogen-bond donors (Lipinski definition) is 0. The number of nitrogens with zero attached hydrogens (tertiary/aromatic N) is 2. The molecule has 0 aliphatic rings. The lowest BCUT2D eigenvalue weighted by molar-refractivity contribution is -0.147. The summed E-state index contributed by atoms with van der Waals surface area (Å²) in [6, 6.07) is 6.68. The first-order chi connectivity index (χ1) is 9.54. The van der Waals surface area contributed by atoms with E-state index in [2.05, 4.69) is 4.98 Å². The van der Waals surface area contributed by atoms with Gasteiger partial charge in [-0.25, -0.2) is 4.98 Å². The Bertz CT molecular complexity index is 563. The molecule has 2 rings (SSSR count). The highest BCUT2D eigenvalue weighted by molar-refractivity contribution is 5.76. The average molecular weight is 286 g/mol. The molecular formula is C14H17F3N2O. The molecule has 0 amide bonds. The van der Waals surface area contributed by atoms with Gasteiger partial charge >= 0.3 is 6.18 Å². The summed E-state index contributed by atoms with van der Waals surface area (Å²) in [4.78, 5) is 3.71. The minimum atomic E-state index is -4.43. The van der Waals surface area contributed by atoms with E-state index in [1.165, 1.54) is 4.57 Å². The van der Waals surface area contributed by atoms with Crippen molar-refractivity contribution in [1.82, 2.24) is 9.55 Å². The number of halogens is 3. The van der Waals surface area contributed by atoms with Crippen molar-refractivity contribution in [2.45, 2.75) is 32.5 Å². The van der Waals surface area contributed by atoms with E-state index in [-0.39, 0.29) is 0 Å². The van der Waals surface area contributed by atoms with E-state index in [9.17, 15) is 13.2 Å². The fourth-order valence-electron chi connectivity index (χ4n) is 2.14. The van der Waals surface area contributed by atoms with Crippen molar-refractivity contribution in [2.24, 2.45) is 0 Å². The van der Waals surface area contributed by atoms with Gasteiger partial charge in [-0.3, -0.25) is 0 Å². The Balaban J connectivity index is 2.20. The Morgan fingerprint density at radius 2 is 1.95 bits per heavy atom. The Kier molecular flexibility index (Phi) is 4.65. The van der Waals surface area contributed by atoms with Crippen molar-refractivity contribution in [3.8, 4) is 0 Å². The molecule has 2 aromatic rings. The zero-order valence-electron chi connectivity index (χ0n) is 11.3. The number of alkyl halides is 3. The number of fused-ring (bicyclic) bond motifs is 1. The van der Waals surface area contributed by atoms with Gasteiger partial charge in [0.2, 0.25) is 5.82 Å². The Hall–Kier alpha value is -1.56. The van der Waals surface area contributed by atoms with Crippen LogP contribution >= 0.6 is 0 Å². The summed E-state index contributed by atoms with van der Waals surface area (Å²) in [5.74, 6) is -0.824. The molecule has 110 valence electrons. The summed E-state index contributed by atoms with van der Waals surface area (Å²) in [7, 11) is 0. The van der Waals surface area contributed by atoms with Gasteiger partial charge in [0.25, 0.3) is 0 Å². The smallest absolute Gasteiger partial charge is 0.382 e. The lowest BCUT2D eigenvalue weighted by Gasteiger charge is -2.11. The largest absolute Gasteiger partial charge is 0.449 e. The topological polar surface area (TPSA) is 27.1 Å². The fraction of sp³-hybridized carbons (Fsp3) is 0.500. The highest BCUT2D eigenvalue weighted by Gasteiger charge is 2.37. The summed E-state index contributed by atoms with van der Waals surface area (Å²) in [6.45, 7) is 3.39. The van der Waals surface area contributed by atoms with Gasteiger partial charge in [0, 0.05) is 19.8 Å². The van der Waals surface area contributed by atoms with Crippen LogP contribution in [0, 0.1) is 0 Å². The first-order valence-electron chi connectivity index (χ1n) is 6.64. The minimum Gasteiger partial charge on any atom is -0.382 e. The van der Waals surface area contributed by atoms with Crippen molar-refractivity contribution >= 4 is 11.0 Å². The normalized spacial score (nSPS) is 12.2. The van der Waals surface area contributed by atoms with E-state index >= 15 is 0 Å². The minimum absolute atomic E-state index is 0.294. The molecular weight excluding hydrogens is 269 g/mol. The van der Waals surface area contributed by atoms with E-state index in [1.54, 1.807) is 24.3 Å². The molecule has 1 heterocycles. The second-order valence-corrected chi connectivity index (χ2v) is 4.48. The van der Waals surface area contributed by atoms with Crippen molar-refractivity contribution < 1.29 is 17.9 Å². The molecule has 0 bridgehead atoms. The van der Waals surface area contributed by atoms with Crippen LogP contribution in [0.1, 0.15) is 25.6 Å². The van der Waals surface area contributed by atoms with Crippen LogP contribution in [-0.2, 0) is 17.5 Å². The zero-order valence-corrected chi connectivity index (χ0v) is 11.3. The molecule has 6 heteroatoms. The van der Waals surface area contributed by atoms with Crippen LogP contribution in [0.2, 0.25) is 0 Å². The van der Waals surface area contributed by atoms with Gasteiger partial charge in [-0.05, 0) is 31.9 Å². The highest BCUT2D eigenvalue weighted by atomic mass is 19.4. The third-order valence-electron chi connectivity index (χ3n) is 3.03. The second kappa shape index (κ2) is 6.26. The Morgan fingerprint density at radius 3 is 2.65 bits per heavy atom. The number of hydrogen-bond acceptors (Lipinski definition) is 2. The first kappa shape index (κ1) is 14.8. The summed E-state index contributed by atoms with van der Waals surface area (Å²) < 4.78 is 45.5. The summed E-state index contributed by atoms with van der Waals surface area (Å²) in [6.07, 6.45) is -3.07. The first-order valence-corrected chi connectivity index (χ1v) is 6.64. The van der Waals surface area contributed by atoms with E-state index < -0.39 is 12.0 Å². The summed E-state index contributed by atoms with van der Waals surface area (Å²) in [5, 5.41) is 0. The SMILES string of the molecule is CCOCCCCn1c(C(F)(F)F)nc2ccccc21. The van der Waals surface area contributed by atoms with Crippen molar-refractivity contribution in [3.05, 3.63) is 30.1 Å². The number of imidazole rings is 1. The average Bonchev–Trinajstić information content (AvgIpc) is 2.78. The lowest BCUT2D eigenvalue weighted by atomic mass is 10.3. The van der Waals surface area contributed by atoms with Crippen LogP contribution in [0.15, 0.2) is 24.3 Å². The number of unbranched alkanes of at least 4 members (excludes halogenated alkanes) is 1. The second-order valence-electron chi connectivity index (χ2n) is 4.48. The van der Waals surface area contributed by atoms with Crippen LogP contribution < -0.4 is 0 Å². The molecule has 1 aromatic heterocycles. The molecule has 0 spiro atoms. The molecule has 0 aliphatic carbocycles. The van der Waals surface area contributed by atoms with Crippen LogP contribution in [0.3, 0.4) is 0 Å². The number of aryl methyl sites for hydroxylation is 1.